The summed E-state index contributed by atoms with van der Waals surface area (Å²) in [7, 11) is 0. The standard InChI is InChI=1S/C24H27N7O3/c1-16(2)11-20(29-24(34)31-13-22(32)28-19-5-3-4-6-21(19)31)23(33)27-18-9-7-17(8-10-18)12-30-15-25-14-26-30/h3-10,14-16,20H,11-13H2,1-2H3,(H,27,33)(H,28,32)(H,29,34)/t20-/m0/s1. The van der Waals surface area contributed by atoms with Gasteiger partial charge in [0.25, 0.3) is 0 Å². The van der Waals surface area contributed by atoms with Gasteiger partial charge >= 0.3 is 6.03 Å². The van der Waals surface area contributed by atoms with Crippen LogP contribution in [0.1, 0.15) is 25.8 Å². The molecule has 0 spiro atoms. The first kappa shape index (κ1) is 23.0. The molecule has 0 bridgehead atoms. The minimum Gasteiger partial charge on any atom is -0.326 e. The molecular weight excluding hydrogens is 434 g/mol. The summed E-state index contributed by atoms with van der Waals surface area (Å²) in [6.07, 6.45) is 3.57. The normalized spacial score (nSPS) is 13.7. The number of hydrogen-bond donors (Lipinski definition) is 3. The van der Waals surface area contributed by atoms with E-state index in [1.54, 1.807) is 35.3 Å². The van der Waals surface area contributed by atoms with E-state index in [0.29, 0.717) is 30.0 Å². The molecule has 1 atom stereocenters. The third-order valence-electron chi connectivity index (χ3n) is 5.37. The van der Waals surface area contributed by atoms with Gasteiger partial charge in [0.15, 0.2) is 0 Å². The molecule has 3 N–H and O–H groups in total. The van der Waals surface area contributed by atoms with Crippen molar-refractivity contribution in [2.45, 2.75) is 32.9 Å². The summed E-state index contributed by atoms with van der Waals surface area (Å²) < 4.78 is 1.71. The predicted molar refractivity (Wildman–Crippen MR) is 128 cm³/mol. The number of aromatic nitrogens is 3. The van der Waals surface area contributed by atoms with Gasteiger partial charge in [-0.2, -0.15) is 5.10 Å². The summed E-state index contributed by atoms with van der Waals surface area (Å²) in [6.45, 7) is 4.42. The van der Waals surface area contributed by atoms with E-state index < -0.39 is 12.1 Å². The smallest absolute Gasteiger partial charge is 0.323 e. The minimum atomic E-state index is -0.764. The zero-order valence-electron chi connectivity index (χ0n) is 19.1. The summed E-state index contributed by atoms with van der Waals surface area (Å²) in [5, 5.41) is 12.5. The largest absolute Gasteiger partial charge is 0.326 e. The summed E-state index contributed by atoms with van der Waals surface area (Å²) in [5.41, 5.74) is 2.78. The fourth-order valence-corrected chi connectivity index (χ4v) is 3.77. The second-order valence-electron chi connectivity index (χ2n) is 8.56. The molecule has 0 saturated carbocycles. The van der Waals surface area contributed by atoms with Gasteiger partial charge in [0.1, 0.15) is 25.2 Å². The van der Waals surface area contributed by atoms with E-state index in [1.165, 1.54) is 11.2 Å². The van der Waals surface area contributed by atoms with E-state index in [4.69, 9.17) is 0 Å². The number of fused-ring (bicyclic) bond motifs is 1. The fraction of sp³-hybridized carbons (Fsp3) is 0.292. The summed E-state index contributed by atoms with van der Waals surface area (Å²) >= 11 is 0. The molecule has 2 aromatic carbocycles. The van der Waals surface area contributed by atoms with Crippen LogP contribution in [0, 0.1) is 5.92 Å². The van der Waals surface area contributed by atoms with Crippen molar-refractivity contribution >= 4 is 34.9 Å². The van der Waals surface area contributed by atoms with Crippen molar-refractivity contribution in [3.05, 3.63) is 66.7 Å². The van der Waals surface area contributed by atoms with Gasteiger partial charge in [0.05, 0.1) is 17.9 Å². The van der Waals surface area contributed by atoms with Crippen LogP contribution < -0.4 is 20.9 Å². The highest BCUT2D eigenvalue weighted by atomic mass is 16.2. The number of carbonyl (C=O) groups is 3. The van der Waals surface area contributed by atoms with Crippen LogP contribution in [0.3, 0.4) is 0 Å². The van der Waals surface area contributed by atoms with Crippen molar-refractivity contribution in [2.75, 3.05) is 22.1 Å². The average molecular weight is 462 g/mol. The second-order valence-corrected chi connectivity index (χ2v) is 8.56. The number of benzene rings is 2. The lowest BCUT2D eigenvalue weighted by Crippen LogP contribution is -2.53. The molecular formula is C24H27N7O3. The molecule has 10 nitrogen and oxygen atoms in total. The van der Waals surface area contributed by atoms with Gasteiger partial charge in [0, 0.05) is 5.69 Å². The molecule has 4 rings (SSSR count). The molecule has 0 unspecified atom stereocenters. The first-order valence-corrected chi connectivity index (χ1v) is 11.1. The van der Waals surface area contributed by atoms with Gasteiger partial charge in [0.2, 0.25) is 11.8 Å². The maximum absolute atomic E-state index is 13.1. The van der Waals surface area contributed by atoms with Crippen LogP contribution >= 0.6 is 0 Å². The number of amides is 4. The predicted octanol–water partition coefficient (Wildman–Crippen LogP) is 2.85. The molecule has 2 heterocycles. The molecule has 0 saturated heterocycles. The van der Waals surface area contributed by atoms with Crippen LogP contribution in [0.4, 0.5) is 21.9 Å². The van der Waals surface area contributed by atoms with Crippen LogP contribution in [0.15, 0.2) is 61.2 Å². The molecule has 4 amide bonds. The lowest BCUT2D eigenvalue weighted by molar-refractivity contribution is -0.118. The van der Waals surface area contributed by atoms with Gasteiger partial charge < -0.3 is 16.0 Å². The fourth-order valence-electron chi connectivity index (χ4n) is 3.77. The van der Waals surface area contributed by atoms with Crippen molar-refractivity contribution in [3.63, 3.8) is 0 Å². The van der Waals surface area contributed by atoms with E-state index in [2.05, 4.69) is 26.0 Å². The number of urea groups is 1. The van der Waals surface area contributed by atoms with E-state index in [0.717, 1.165) is 5.56 Å². The summed E-state index contributed by atoms with van der Waals surface area (Å²) in [4.78, 5) is 43.5. The zero-order chi connectivity index (χ0) is 24.1. The average Bonchev–Trinajstić information content (AvgIpc) is 3.32. The van der Waals surface area contributed by atoms with Gasteiger partial charge in [-0.3, -0.25) is 14.5 Å². The number of para-hydroxylation sites is 2. The maximum atomic E-state index is 13.1. The van der Waals surface area contributed by atoms with E-state index in [9.17, 15) is 14.4 Å². The first-order chi connectivity index (χ1) is 16.4. The Bertz CT molecular complexity index is 1160. The van der Waals surface area contributed by atoms with Gasteiger partial charge in [-0.1, -0.05) is 38.1 Å². The minimum absolute atomic E-state index is 0.119. The molecule has 3 aromatic rings. The summed E-state index contributed by atoms with van der Waals surface area (Å²) in [6, 6.07) is 13.2. The lowest BCUT2D eigenvalue weighted by atomic mass is 10.0. The van der Waals surface area contributed by atoms with Gasteiger partial charge in [-0.15, -0.1) is 0 Å². The highest BCUT2D eigenvalue weighted by molar-refractivity contribution is 6.10. The van der Waals surface area contributed by atoms with E-state index in [1.807, 2.05) is 38.1 Å². The Balaban J connectivity index is 1.44. The number of hydrogen-bond acceptors (Lipinski definition) is 5. The van der Waals surface area contributed by atoms with Crippen LogP contribution in [-0.2, 0) is 16.1 Å². The molecule has 176 valence electrons. The Morgan fingerprint density at radius 1 is 1.12 bits per heavy atom. The highest BCUT2D eigenvalue weighted by Gasteiger charge is 2.30. The Labute approximate surface area is 197 Å². The van der Waals surface area contributed by atoms with E-state index >= 15 is 0 Å². The van der Waals surface area contributed by atoms with Crippen LogP contribution in [0.2, 0.25) is 0 Å². The van der Waals surface area contributed by atoms with Crippen molar-refractivity contribution in [1.82, 2.24) is 20.1 Å². The zero-order valence-corrected chi connectivity index (χ0v) is 19.1. The van der Waals surface area contributed by atoms with Gasteiger partial charge in [-0.25, -0.2) is 14.5 Å². The summed E-state index contributed by atoms with van der Waals surface area (Å²) in [5.74, 6) is -0.441. The number of nitrogens with zero attached hydrogens (tertiary/aromatic N) is 4. The van der Waals surface area contributed by atoms with Crippen molar-refractivity contribution in [3.8, 4) is 0 Å². The SMILES string of the molecule is CC(C)C[C@H](NC(=O)N1CC(=O)Nc2ccccc21)C(=O)Nc1ccc(Cn2cncn2)cc1. The molecule has 1 aromatic heterocycles. The Hall–Kier alpha value is -4.21. The molecule has 10 heteroatoms. The topological polar surface area (TPSA) is 121 Å². The van der Waals surface area contributed by atoms with Gasteiger partial charge in [-0.05, 0) is 42.2 Å². The van der Waals surface area contributed by atoms with Crippen molar-refractivity contribution < 1.29 is 14.4 Å². The molecule has 34 heavy (non-hydrogen) atoms. The highest BCUT2D eigenvalue weighted by Crippen LogP contribution is 2.29. The molecule has 0 fully saturated rings. The van der Waals surface area contributed by atoms with Crippen LogP contribution in [0.25, 0.3) is 0 Å². The third kappa shape index (κ3) is 5.58. The molecule has 0 aliphatic carbocycles. The first-order valence-electron chi connectivity index (χ1n) is 11.1. The molecule has 0 radical (unpaired) electrons. The third-order valence-corrected chi connectivity index (χ3v) is 5.37. The Morgan fingerprint density at radius 2 is 1.88 bits per heavy atom. The lowest BCUT2D eigenvalue weighted by Gasteiger charge is -2.31. The molecule has 1 aliphatic heterocycles. The number of carbonyl (C=O) groups excluding carboxylic acids is 3. The molecule has 1 aliphatic rings. The monoisotopic (exact) mass is 461 g/mol. The van der Waals surface area contributed by atoms with Crippen LogP contribution in [-0.4, -0.2) is 45.2 Å². The Morgan fingerprint density at radius 3 is 2.59 bits per heavy atom. The quantitative estimate of drug-likeness (QED) is 0.500. The van der Waals surface area contributed by atoms with Crippen molar-refractivity contribution in [1.29, 1.82) is 0 Å². The maximum Gasteiger partial charge on any atom is 0.323 e. The number of nitrogens with one attached hydrogen (secondary N) is 3. The van der Waals surface area contributed by atoms with Crippen LogP contribution in [0.5, 0.6) is 0 Å². The second kappa shape index (κ2) is 10.2. The number of anilines is 3. The van der Waals surface area contributed by atoms with E-state index in [-0.39, 0.29) is 24.3 Å². The number of rotatable bonds is 7. The Kier molecular flexibility index (Phi) is 6.86. The van der Waals surface area contributed by atoms with Crippen molar-refractivity contribution in [2.24, 2.45) is 5.92 Å².